The van der Waals surface area contributed by atoms with Crippen molar-refractivity contribution in [3.63, 3.8) is 0 Å². The number of thiazole rings is 1. The molecule has 1 N–H and O–H groups in total. The van der Waals surface area contributed by atoms with E-state index in [1.807, 2.05) is 38.1 Å². The van der Waals surface area contributed by atoms with Crippen molar-refractivity contribution in [2.45, 2.75) is 25.2 Å². The van der Waals surface area contributed by atoms with Gasteiger partial charge in [-0.25, -0.2) is 13.4 Å². The van der Waals surface area contributed by atoms with E-state index in [1.54, 1.807) is 12.1 Å². The van der Waals surface area contributed by atoms with Gasteiger partial charge in [0.15, 0.2) is 9.84 Å². The molecule has 0 bridgehead atoms. The van der Waals surface area contributed by atoms with Gasteiger partial charge < -0.3 is 5.32 Å². The van der Waals surface area contributed by atoms with Crippen molar-refractivity contribution in [2.24, 2.45) is 0 Å². The molecule has 2 aromatic carbocycles. The molecular formula is C20H20N2O3S2. The fraction of sp³-hybridized carbons (Fsp3) is 0.200. The van der Waals surface area contributed by atoms with Gasteiger partial charge in [0.05, 0.1) is 22.0 Å². The smallest absolute Gasteiger partial charge is 0.229 e. The summed E-state index contributed by atoms with van der Waals surface area (Å²) >= 11 is 1.49. The minimum atomic E-state index is -3.32. The topological polar surface area (TPSA) is 76.1 Å². The van der Waals surface area contributed by atoms with E-state index in [1.165, 1.54) is 23.5 Å². The van der Waals surface area contributed by atoms with E-state index < -0.39 is 9.84 Å². The minimum absolute atomic E-state index is 0.175. The molecule has 0 aliphatic rings. The Morgan fingerprint density at radius 2 is 1.81 bits per heavy atom. The summed E-state index contributed by atoms with van der Waals surface area (Å²) in [5.41, 5.74) is 3.42. The molecule has 0 saturated carbocycles. The van der Waals surface area contributed by atoms with Gasteiger partial charge in [-0.1, -0.05) is 35.9 Å². The summed E-state index contributed by atoms with van der Waals surface area (Å²) in [6.45, 7) is 3.94. The van der Waals surface area contributed by atoms with Gasteiger partial charge in [-0.2, -0.15) is 0 Å². The number of aryl methyl sites for hydroxylation is 2. The second-order valence-corrected chi connectivity index (χ2v) is 9.70. The van der Waals surface area contributed by atoms with E-state index in [-0.39, 0.29) is 17.2 Å². The Labute approximate surface area is 163 Å². The molecule has 0 saturated heterocycles. The Morgan fingerprint density at radius 3 is 2.48 bits per heavy atom. The summed E-state index contributed by atoms with van der Waals surface area (Å²) in [5.74, 6) is -0.210. The van der Waals surface area contributed by atoms with Gasteiger partial charge in [0.25, 0.3) is 0 Å². The Morgan fingerprint density at radius 1 is 1.11 bits per heavy atom. The van der Waals surface area contributed by atoms with Crippen LogP contribution in [0.4, 0.5) is 5.69 Å². The van der Waals surface area contributed by atoms with Crippen LogP contribution in [0, 0.1) is 13.8 Å². The number of rotatable bonds is 5. The first kappa shape index (κ1) is 19.3. The summed E-state index contributed by atoms with van der Waals surface area (Å²) in [7, 11) is -3.32. The number of sulfone groups is 1. The summed E-state index contributed by atoms with van der Waals surface area (Å²) in [6.07, 6.45) is 1.32. The number of hydrogen-bond acceptors (Lipinski definition) is 5. The lowest BCUT2D eigenvalue weighted by Gasteiger charge is -2.07. The molecule has 5 nitrogen and oxygen atoms in total. The van der Waals surface area contributed by atoms with Gasteiger partial charge in [-0.3, -0.25) is 4.79 Å². The van der Waals surface area contributed by atoms with E-state index in [0.717, 1.165) is 33.0 Å². The predicted molar refractivity (Wildman–Crippen MR) is 109 cm³/mol. The number of anilines is 1. The highest BCUT2D eigenvalue weighted by Gasteiger charge is 2.15. The van der Waals surface area contributed by atoms with Crippen molar-refractivity contribution in [2.75, 3.05) is 11.6 Å². The summed E-state index contributed by atoms with van der Waals surface area (Å²) in [5, 5.41) is 3.67. The van der Waals surface area contributed by atoms with Crippen LogP contribution in [-0.4, -0.2) is 25.6 Å². The Balaban J connectivity index is 1.80. The van der Waals surface area contributed by atoms with E-state index in [4.69, 9.17) is 0 Å². The number of aromatic nitrogens is 1. The molecule has 7 heteroatoms. The molecule has 0 unspecified atom stereocenters. The third-order valence-corrected chi connectivity index (χ3v) is 6.08. The van der Waals surface area contributed by atoms with Crippen molar-refractivity contribution in [1.82, 2.24) is 4.98 Å². The van der Waals surface area contributed by atoms with Crippen LogP contribution in [0.15, 0.2) is 53.4 Å². The average molecular weight is 401 g/mol. The normalized spacial score (nSPS) is 11.4. The van der Waals surface area contributed by atoms with Crippen LogP contribution in [0.5, 0.6) is 0 Å². The van der Waals surface area contributed by atoms with E-state index in [9.17, 15) is 13.2 Å². The zero-order valence-electron chi connectivity index (χ0n) is 15.3. The molecule has 0 radical (unpaired) electrons. The first-order valence-electron chi connectivity index (χ1n) is 8.36. The fourth-order valence-corrected chi connectivity index (χ4v) is 4.31. The molecule has 0 spiro atoms. The van der Waals surface area contributed by atoms with Crippen LogP contribution in [-0.2, 0) is 21.1 Å². The number of hydrogen-bond donors (Lipinski definition) is 1. The molecular weight excluding hydrogens is 380 g/mol. The maximum atomic E-state index is 12.5. The van der Waals surface area contributed by atoms with Crippen molar-refractivity contribution >= 4 is 32.8 Å². The zero-order valence-corrected chi connectivity index (χ0v) is 16.9. The Kier molecular flexibility index (Phi) is 5.43. The van der Waals surface area contributed by atoms with Crippen LogP contribution in [0.25, 0.3) is 11.3 Å². The Hall–Kier alpha value is -2.51. The van der Waals surface area contributed by atoms with Crippen molar-refractivity contribution < 1.29 is 13.2 Å². The molecule has 3 rings (SSSR count). The second kappa shape index (κ2) is 7.62. The van der Waals surface area contributed by atoms with Crippen LogP contribution in [0.1, 0.15) is 15.4 Å². The van der Waals surface area contributed by atoms with Crippen LogP contribution < -0.4 is 5.32 Å². The second-order valence-electron chi connectivity index (χ2n) is 6.40. The maximum Gasteiger partial charge on any atom is 0.229 e. The molecule has 0 atom stereocenters. The monoisotopic (exact) mass is 400 g/mol. The summed E-state index contributed by atoms with van der Waals surface area (Å²) in [6, 6.07) is 14.3. The minimum Gasteiger partial charge on any atom is -0.326 e. The molecule has 0 fully saturated rings. The van der Waals surface area contributed by atoms with Crippen LogP contribution in [0.2, 0.25) is 0 Å². The van der Waals surface area contributed by atoms with Crippen molar-refractivity contribution in [3.8, 4) is 11.3 Å². The third-order valence-electron chi connectivity index (χ3n) is 4.00. The molecule has 1 amide bonds. The van der Waals surface area contributed by atoms with Crippen LogP contribution in [0.3, 0.4) is 0 Å². The Bertz CT molecular complexity index is 1080. The molecule has 27 heavy (non-hydrogen) atoms. The van der Waals surface area contributed by atoms with Crippen molar-refractivity contribution in [1.29, 1.82) is 0 Å². The highest BCUT2D eigenvalue weighted by Crippen LogP contribution is 2.29. The van der Waals surface area contributed by atoms with E-state index >= 15 is 0 Å². The molecule has 3 aromatic rings. The summed E-state index contributed by atoms with van der Waals surface area (Å²) in [4.78, 5) is 18.1. The molecule has 1 aromatic heterocycles. The first-order valence-corrected chi connectivity index (χ1v) is 11.1. The quantitative estimate of drug-likeness (QED) is 0.702. The standard InChI is InChI=1S/C20H20N2O3S2/c1-13-7-9-15(10-8-13)20-18(26-14(2)21-20)12-19(23)22-16-5-4-6-17(11-16)27(3,24)25/h4-11H,12H2,1-3H3,(H,22,23). The van der Waals surface area contributed by atoms with Gasteiger partial charge in [-0.05, 0) is 32.0 Å². The number of carbonyl (C=O) groups excluding carboxylic acids is 1. The molecule has 0 aliphatic heterocycles. The lowest BCUT2D eigenvalue weighted by Crippen LogP contribution is -2.14. The van der Waals surface area contributed by atoms with Gasteiger partial charge in [0, 0.05) is 22.4 Å². The van der Waals surface area contributed by atoms with E-state index in [2.05, 4.69) is 10.3 Å². The third kappa shape index (κ3) is 4.81. The fourth-order valence-electron chi connectivity index (χ4n) is 2.68. The largest absolute Gasteiger partial charge is 0.326 e. The number of nitrogens with one attached hydrogen (secondary N) is 1. The molecule has 0 aliphatic carbocycles. The highest BCUT2D eigenvalue weighted by molar-refractivity contribution is 7.90. The number of benzene rings is 2. The number of nitrogens with zero attached hydrogens (tertiary/aromatic N) is 1. The molecule has 140 valence electrons. The lowest BCUT2D eigenvalue weighted by molar-refractivity contribution is -0.115. The van der Waals surface area contributed by atoms with Gasteiger partial charge >= 0.3 is 0 Å². The van der Waals surface area contributed by atoms with E-state index in [0.29, 0.717) is 5.69 Å². The molecule has 1 heterocycles. The highest BCUT2D eigenvalue weighted by atomic mass is 32.2. The lowest BCUT2D eigenvalue weighted by atomic mass is 10.1. The van der Waals surface area contributed by atoms with Crippen LogP contribution >= 0.6 is 11.3 Å². The SMILES string of the molecule is Cc1ccc(-c2nc(C)sc2CC(=O)Nc2cccc(S(C)(=O)=O)c2)cc1. The number of carbonyl (C=O) groups is 1. The predicted octanol–water partition coefficient (Wildman–Crippen LogP) is 4.01. The van der Waals surface area contributed by atoms with Gasteiger partial charge in [0.1, 0.15) is 0 Å². The maximum absolute atomic E-state index is 12.5. The summed E-state index contributed by atoms with van der Waals surface area (Å²) < 4.78 is 23.3. The zero-order chi connectivity index (χ0) is 19.6. The average Bonchev–Trinajstić information content (AvgIpc) is 2.95. The van der Waals surface area contributed by atoms with Crippen molar-refractivity contribution in [3.05, 3.63) is 64.0 Å². The van der Waals surface area contributed by atoms with Gasteiger partial charge in [-0.15, -0.1) is 11.3 Å². The first-order chi connectivity index (χ1) is 12.7. The number of amides is 1. The van der Waals surface area contributed by atoms with Gasteiger partial charge in [0.2, 0.25) is 5.91 Å².